The molecule has 2 aromatic rings. The minimum atomic E-state index is -0.471. The minimum absolute atomic E-state index is 0.341. The molecule has 1 atom stereocenters. The number of hydrogen-bond acceptors (Lipinski definition) is 5. The van der Waals surface area contributed by atoms with Crippen molar-refractivity contribution < 1.29 is 14.6 Å². The van der Waals surface area contributed by atoms with Gasteiger partial charge in [0.2, 0.25) is 0 Å². The second-order valence-corrected chi connectivity index (χ2v) is 7.89. The van der Waals surface area contributed by atoms with Gasteiger partial charge in [-0.1, -0.05) is 50.2 Å². The first-order valence-corrected chi connectivity index (χ1v) is 10.6. The number of aliphatic hydroxyl groups is 1. The monoisotopic (exact) mass is 398 g/mol. The molecule has 1 aliphatic rings. The van der Waals surface area contributed by atoms with Gasteiger partial charge in [-0.15, -0.1) is 0 Å². The average molecular weight is 399 g/mol. The van der Waals surface area contributed by atoms with E-state index in [9.17, 15) is 5.11 Å². The Kier molecular flexibility index (Phi) is 8.35. The molecule has 0 radical (unpaired) electrons. The van der Waals surface area contributed by atoms with Crippen LogP contribution in [-0.2, 0) is 4.74 Å². The lowest BCUT2D eigenvalue weighted by Gasteiger charge is -2.36. The summed E-state index contributed by atoms with van der Waals surface area (Å²) in [6, 6.07) is 18.6. The molecule has 0 aliphatic carbocycles. The van der Waals surface area contributed by atoms with Gasteiger partial charge < -0.3 is 19.5 Å². The summed E-state index contributed by atoms with van der Waals surface area (Å²) in [5.74, 6) is 1.35. The van der Waals surface area contributed by atoms with E-state index in [1.54, 1.807) is 0 Å². The van der Waals surface area contributed by atoms with Crippen LogP contribution in [0.2, 0.25) is 0 Å². The highest BCUT2D eigenvalue weighted by Crippen LogP contribution is 2.25. The van der Waals surface area contributed by atoms with Gasteiger partial charge in [-0.05, 0) is 29.7 Å². The van der Waals surface area contributed by atoms with Crippen molar-refractivity contribution in [1.29, 1.82) is 0 Å². The molecule has 2 aromatic carbocycles. The molecule has 0 saturated carbocycles. The molecule has 5 nitrogen and oxygen atoms in total. The Hall–Kier alpha value is -2.08. The summed E-state index contributed by atoms with van der Waals surface area (Å²) < 4.78 is 11.5. The Balaban J connectivity index is 1.29. The number of piperazine rings is 1. The predicted octanol–water partition coefficient (Wildman–Crippen LogP) is 3.39. The number of hydrogen-bond donors (Lipinski definition) is 1. The largest absolute Gasteiger partial charge is 0.491 e. The summed E-state index contributed by atoms with van der Waals surface area (Å²) >= 11 is 0. The Morgan fingerprint density at radius 2 is 1.59 bits per heavy atom. The lowest BCUT2D eigenvalue weighted by atomic mass is 10.0. The van der Waals surface area contributed by atoms with Gasteiger partial charge in [0.25, 0.3) is 0 Å². The molecule has 158 valence electrons. The summed E-state index contributed by atoms with van der Waals surface area (Å²) in [6.07, 6.45) is -0.471. The molecule has 3 rings (SSSR count). The first-order valence-electron chi connectivity index (χ1n) is 10.6. The number of para-hydroxylation sites is 2. The van der Waals surface area contributed by atoms with Crippen LogP contribution in [0, 0.1) is 0 Å². The van der Waals surface area contributed by atoms with E-state index in [2.05, 4.69) is 54.0 Å². The lowest BCUT2D eigenvalue weighted by Crippen LogP contribution is -2.49. The SMILES string of the molecule is CC(C)c1ccccc1OCCOC[C@@H](O)CN1CCN(c2ccccc2)CC1. The second-order valence-electron chi connectivity index (χ2n) is 7.89. The van der Waals surface area contributed by atoms with Crippen LogP contribution in [0.5, 0.6) is 5.75 Å². The maximum absolute atomic E-state index is 10.3. The predicted molar refractivity (Wildman–Crippen MR) is 118 cm³/mol. The van der Waals surface area contributed by atoms with Gasteiger partial charge in [-0.2, -0.15) is 0 Å². The average Bonchev–Trinajstić information content (AvgIpc) is 2.75. The van der Waals surface area contributed by atoms with E-state index in [0.717, 1.165) is 31.9 Å². The molecule has 1 saturated heterocycles. The molecule has 1 heterocycles. The van der Waals surface area contributed by atoms with Crippen LogP contribution in [0.1, 0.15) is 25.3 Å². The zero-order valence-corrected chi connectivity index (χ0v) is 17.7. The maximum atomic E-state index is 10.3. The number of ether oxygens (including phenoxy) is 2. The van der Waals surface area contributed by atoms with Crippen LogP contribution in [-0.4, -0.2) is 68.7 Å². The number of anilines is 1. The van der Waals surface area contributed by atoms with Gasteiger partial charge in [-0.25, -0.2) is 0 Å². The Labute approximate surface area is 174 Å². The van der Waals surface area contributed by atoms with E-state index in [4.69, 9.17) is 9.47 Å². The van der Waals surface area contributed by atoms with Crippen LogP contribution >= 0.6 is 0 Å². The van der Waals surface area contributed by atoms with E-state index in [-0.39, 0.29) is 0 Å². The highest BCUT2D eigenvalue weighted by Gasteiger charge is 2.19. The smallest absolute Gasteiger partial charge is 0.122 e. The molecule has 1 N–H and O–H groups in total. The summed E-state index contributed by atoms with van der Waals surface area (Å²) in [5.41, 5.74) is 2.48. The molecule has 0 aromatic heterocycles. The van der Waals surface area contributed by atoms with Crippen molar-refractivity contribution in [2.24, 2.45) is 0 Å². The second kappa shape index (κ2) is 11.2. The van der Waals surface area contributed by atoms with Crippen LogP contribution in [0.4, 0.5) is 5.69 Å². The molecule has 0 spiro atoms. The maximum Gasteiger partial charge on any atom is 0.122 e. The Bertz CT molecular complexity index is 715. The third kappa shape index (κ3) is 6.74. The van der Waals surface area contributed by atoms with Gasteiger partial charge in [0.1, 0.15) is 12.4 Å². The van der Waals surface area contributed by atoms with E-state index >= 15 is 0 Å². The molecule has 0 bridgehead atoms. The van der Waals surface area contributed by atoms with Gasteiger partial charge in [0.15, 0.2) is 0 Å². The van der Waals surface area contributed by atoms with Crippen LogP contribution in [0.3, 0.4) is 0 Å². The normalized spacial score (nSPS) is 16.2. The van der Waals surface area contributed by atoms with Crippen LogP contribution in [0.15, 0.2) is 54.6 Å². The van der Waals surface area contributed by atoms with E-state index in [0.29, 0.717) is 32.3 Å². The fraction of sp³-hybridized carbons (Fsp3) is 0.500. The van der Waals surface area contributed by atoms with Crippen LogP contribution < -0.4 is 9.64 Å². The number of benzene rings is 2. The number of β-amino-alcohol motifs (C(OH)–C–C–N with tert-alkyl or cyclic N) is 1. The fourth-order valence-electron chi connectivity index (χ4n) is 3.70. The Morgan fingerprint density at radius 1 is 0.897 bits per heavy atom. The molecule has 1 aliphatic heterocycles. The zero-order valence-electron chi connectivity index (χ0n) is 17.7. The number of nitrogens with zero attached hydrogens (tertiary/aromatic N) is 2. The molecule has 0 unspecified atom stereocenters. The topological polar surface area (TPSA) is 45.2 Å². The van der Waals surface area contributed by atoms with Gasteiger partial charge in [-0.3, -0.25) is 4.90 Å². The lowest BCUT2D eigenvalue weighted by molar-refractivity contribution is 0.00709. The number of aliphatic hydroxyl groups excluding tert-OH is 1. The fourth-order valence-corrected chi connectivity index (χ4v) is 3.70. The third-order valence-corrected chi connectivity index (χ3v) is 5.30. The highest BCUT2D eigenvalue weighted by molar-refractivity contribution is 5.46. The van der Waals surface area contributed by atoms with Crippen molar-refractivity contribution in [3.63, 3.8) is 0 Å². The molecular formula is C24H34N2O3. The molecule has 5 heteroatoms. The standard InChI is InChI=1S/C24H34N2O3/c1-20(2)23-10-6-7-11-24(23)29-17-16-28-19-22(27)18-25-12-14-26(15-13-25)21-8-4-3-5-9-21/h3-11,20,22,27H,12-19H2,1-2H3/t22-/m0/s1. The first-order chi connectivity index (χ1) is 14.1. The zero-order chi connectivity index (χ0) is 20.5. The van der Waals surface area contributed by atoms with Crippen molar-refractivity contribution >= 4 is 5.69 Å². The Morgan fingerprint density at radius 3 is 2.31 bits per heavy atom. The van der Waals surface area contributed by atoms with Crippen molar-refractivity contribution in [3.8, 4) is 5.75 Å². The summed E-state index contributed by atoms with van der Waals surface area (Å²) in [5, 5.41) is 10.3. The molecule has 29 heavy (non-hydrogen) atoms. The number of rotatable bonds is 10. The van der Waals surface area contributed by atoms with E-state index < -0.39 is 6.10 Å². The first kappa shape index (κ1) is 21.6. The summed E-state index contributed by atoms with van der Waals surface area (Å²) in [6.45, 7) is 10.2. The molecular weight excluding hydrogens is 364 g/mol. The summed E-state index contributed by atoms with van der Waals surface area (Å²) in [4.78, 5) is 4.70. The van der Waals surface area contributed by atoms with Gasteiger partial charge in [0.05, 0.1) is 19.3 Å². The quantitative estimate of drug-likeness (QED) is 0.622. The van der Waals surface area contributed by atoms with E-state index in [1.165, 1.54) is 11.3 Å². The molecule has 1 fully saturated rings. The highest BCUT2D eigenvalue weighted by atomic mass is 16.5. The van der Waals surface area contributed by atoms with Crippen molar-refractivity contribution in [3.05, 3.63) is 60.2 Å². The van der Waals surface area contributed by atoms with Crippen molar-refractivity contribution in [1.82, 2.24) is 4.90 Å². The van der Waals surface area contributed by atoms with Crippen LogP contribution in [0.25, 0.3) is 0 Å². The minimum Gasteiger partial charge on any atom is -0.491 e. The van der Waals surface area contributed by atoms with Crippen molar-refractivity contribution in [2.45, 2.75) is 25.9 Å². The third-order valence-electron chi connectivity index (χ3n) is 5.30. The van der Waals surface area contributed by atoms with E-state index in [1.807, 2.05) is 24.3 Å². The van der Waals surface area contributed by atoms with Gasteiger partial charge in [0, 0.05) is 38.4 Å². The van der Waals surface area contributed by atoms with Gasteiger partial charge >= 0.3 is 0 Å². The molecule has 0 amide bonds. The summed E-state index contributed by atoms with van der Waals surface area (Å²) in [7, 11) is 0. The van der Waals surface area contributed by atoms with Crippen molar-refractivity contribution in [2.75, 3.05) is 57.4 Å².